The summed E-state index contributed by atoms with van der Waals surface area (Å²) in [6.45, 7) is 6.57. The molecule has 0 spiro atoms. The van der Waals surface area contributed by atoms with Gasteiger partial charge in [0, 0.05) is 19.3 Å². The number of rotatable bonds is 64. The minimum absolute atomic E-state index is 0.0740. The van der Waals surface area contributed by atoms with Crippen LogP contribution in [0.25, 0.3) is 0 Å². The number of ether oxygens (including phenoxy) is 3. The molecule has 0 rings (SSSR count). The van der Waals surface area contributed by atoms with Crippen molar-refractivity contribution in [2.75, 3.05) is 13.2 Å². The first kappa shape index (κ1) is 78.3. The molecule has 0 fully saturated rings. The van der Waals surface area contributed by atoms with Crippen LogP contribution in [0.15, 0.2) is 97.2 Å². The molecule has 0 bridgehead atoms. The van der Waals surface area contributed by atoms with Crippen LogP contribution in [0.5, 0.6) is 0 Å². The van der Waals surface area contributed by atoms with Crippen molar-refractivity contribution in [1.29, 1.82) is 0 Å². The summed E-state index contributed by atoms with van der Waals surface area (Å²) in [6, 6.07) is 0. The summed E-state index contributed by atoms with van der Waals surface area (Å²) in [5.74, 6) is -0.863. The Bertz CT molecular complexity index is 1590. The van der Waals surface area contributed by atoms with Crippen LogP contribution in [0.1, 0.15) is 348 Å². The average molecular weight is 1140 g/mol. The van der Waals surface area contributed by atoms with E-state index in [4.69, 9.17) is 14.2 Å². The fourth-order valence-electron chi connectivity index (χ4n) is 10.1. The van der Waals surface area contributed by atoms with Crippen LogP contribution in [0.4, 0.5) is 0 Å². The minimum atomic E-state index is -0.778. The van der Waals surface area contributed by atoms with Gasteiger partial charge in [-0.05, 0) is 83.5 Å². The first-order valence-corrected chi connectivity index (χ1v) is 35.2. The molecule has 6 heteroatoms. The molecule has 0 heterocycles. The van der Waals surface area contributed by atoms with Gasteiger partial charge in [-0.1, -0.05) is 343 Å². The second kappa shape index (κ2) is 69.8. The van der Waals surface area contributed by atoms with Gasteiger partial charge in [0.05, 0.1) is 0 Å². The fraction of sp³-hybridized carbons (Fsp3) is 0.750. The maximum absolute atomic E-state index is 12.9. The Labute approximate surface area is 508 Å². The Morgan fingerprint density at radius 1 is 0.256 bits per heavy atom. The van der Waals surface area contributed by atoms with Crippen molar-refractivity contribution in [1.82, 2.24) is 0 Å². The normalized spacial score (nSPS) is 12.7. The zero-order chi connectivity index (χ0) is 59.2. The van der Waals surface area contributed by atoms with E-state index < -0.39 is 6.10 Å². The van der Waals surface area contributed by atoms with Gasteiger partial charge in [-0.25, -0.2) is 0 Å². The van der Waals surface area contributed by atoms with Crippen molar-refractivity contribution < 1.29 is 28.6 Å². The maximum atomic E-state index is 12.9. The molecule has 472 valence electrons. The Kier molecular flexibility index (Phi) is 66.7. The summed E-state index contributed by atoms with van der Waals surface area (Å²) in [6.07, 6.45) is 94.3. The van der Waals surface area contributed by atoms with Crippen molar-refractivity contribution in [3.63, 3.8) is 0 Å². The van der Waals surface area contributed by atoms with Crippen molar-refractivity contribution in [2.24, 2.45) is 0 Å². The van der Waals surface area contributed by atoms with Crippen LogP contribution < -0.4 is 0 Å². The largest absolute Gasteiger partial charge is 0.462 e. The van der Waals surface area contributed by atoms with Gasteiger partial charge in [-0.3, -0.25) is 14.4 Å². The molecule has 0 saturated heterocycles. The van der Waals surface area contributed by atoms with E-state index in [0.717, 1.165) is 116 Å². The quantitative estimate of drug-likeness (QED) is 0.0261. The van der Waals surface area contributed by atoms with E-state index in [1.165, 1.54) is 193 Å². The zero-order valence-electron chi connectivity index (χ0n) is 54.2. The molecule has 0 aliphatic rings. The zero-order valence-corrected chi connectivity index (χ0v) is 54.2. The van der Waals surface area contributed by atoms with Crippen LogP contribution in [0, 0.1) is 0 Å². The molecule has 0 aromatic rings. The highest BCUT2D eigenvalue weighted by atomic mass is 16.6. The van der Waals surface area contributed by atoms with Crippen molar-refractivity contribution in [2.45, 2.75) is 354 Å². The number of carbonyl (C=O) groups is 3. The highest BCUT2D eigenvalue weighted by Crippen LogP contribution is 2.18. The molecule has 0 aromatic carbocycles. The van der Waals surface area contributed by atoms with Crippen LogP contribution in [0.2, 0.25) is 0 Å². The molecule has 0 aromatic heterocycles. The van der Waals surface area contributed by atoms with Gasteiger partial charge in [0.2, 0.25) is 0 Å². The van der Waals surface area contributed by atoms with E-state index >= 15 is 0 Å². The fourth-order valence-corrected chi connectivity index (χ4v) is 10.1. The summed E-state index contributed by atoms with van der Waals surface area (Å²) in [4.78, 5) is 38.4. The van der Waals surface area contributed by atoms with Gasteiger partial charge in [0.25, 0.3) is 0 Å². The lowest BCUT2D eigenvalue weighted by Crippen LogP contribution is -2.30. The topological polar surface area (TPSA) is 78.9 Å². The molecule has 6 nitrogen and oxygen atoms in total. The monoisotopic (exact) mass is 1140 g/mol. The summed E-state index contributed by atoms with van der Waals surface area (Å²) in [5.41, 5.74) is 0. The number of unbranched alkanes of at least 4 members (excludes halogenated alkanes) is 37. The van der Waals surface area contributed by atoms with Gasteiger partial charge in [-0.15, -0.1) is 0 Å². The second-order valence-electron chi connectivity index (χ2n) is 23.4. The molecule has 0 aliphatic carbocycles. The lowest BCUT2D eigenvalue weighted by molar-refractivity contribution is -0.167. The smallest absolute Gasteiger partial charge is 0.306 e. The first-order valence-electron chi connectivity index (χ1n) is 35.2. The molecule has 1 atom stereocenters. The van der Waals surface area contributed by atoms with E-state index in [0.29, 0.717) is 19.3 Å². The molecular weight excluding hydrogens is 1010 g/mol. The molecule has 0 amide bonds. The Balaban J connectivity index is 4.26. The van der Waals surface area contributed by atoms with Gasteiger partial charge in [0.1, 0.15) is 13.2 Å². The first-order chi connectivity index (χ1) is 40.5. The minimum Gasteiger partial charge on any atom is -0.462 e. The third-order valence-corrected chi connectivity index (χ3v) is 15.4. The van der Waals surface area contributed by atoms with Gasteiger partial charge in [0.15, 0.2) is 6.10 Å². The predicted molar refractivity (Wildman–Crippen MR) is 357 cm³/mol. The van der Waals surface area contributed by atoms with Crippen LogP contribution >= 0.6 is 0 Å². The SMILES string of the molecule is CC/C=C\C/C=C\C/C=C\C/C=C\C/C=C\C/C=C\C/C=C\C/C=C\CCCCCCCCCCC(=O)OCC(COC(=O)CCCCCCCCCCCCCCCC)OC(=O)CCCCCCCCCCCCCCCCCCC. The number of esters is 3. The van der Waals surface area contributed by atoms with Gasteiger partial charge < -0.3 is 14.2 Å². The Morgan fingerprint density at radius 2 is 0.476 bits per heavy atom. The van der Waals surface area contributed by atoms with Crippen LogP contribution in [-0.4, -0.2) is 37.2 Å². The second-order valence-corrected chi connectivity index (χ2v) is 23.4. The van der Waals surface area contributed by atoms with E-state index in [1.54, 1.807) is 0 Å². The van der Waals surface area contributed by atoms with Crippen molar-refractivity contribution >= 4 is 17.9 Å². The molecule has 1 unspecified atom stereocenters. The van der Waals surface area contributed by atoms with Crippen molar-refractivity contribution in [3.8, 4) is 0 Å². The number of hydrogen-bond donors (Lipinski definition) is 0. The molecule has 0 N–H and O–H groups in total. The van der Waals surface area contributed by atoms with Crippen LogP contribution in [0.3, 0.4) is 0 Å². The van der Waals surface area contributed by atoms with E-state index in [-0.39, 0.29) is 31.1 Å². The highest BCUT2D eigenvalue weighted by Gasteiger charge is 2.19. The number of carbonyl (C=O) groups excluding carboxylic acids is 3. The summed E-state index contributed by atoms with van der Waals surface area (Å²) >= 11 is 0. The number of hydrogen-bond acceptors (Lipinski definition) is 6. The predicted octanol–water partition coefficient (Wildman–Crippen LogP) is 24.4. The van der Waals surface area contributed by atoms with Gasteiger partial charge >= 0.3 is 17.9 Å². The van der Waals surface area contributed by atoms with Crippen molar-refractivity contribution in [3.05, 3.63) is 97.2 Å². The third kappa shape index (κ3) is 67.1. The van der Waals surface area contributed by atoms with E-state index in [2.05, 4.69) is 118 Å². The van der Waals surface area contributed by atoms with Crippen LogP contribution in [-0.2, 0) is 28.6 Å². The summed E-state index contributed by atoms with van der Waals surface area (Å²) in [5, 5.41) is 0. The van der Waals surface area contributed by atoms with E-state index in [9.17, 15) is 14.4 Å². The number of allylic oxidation sites excluding steroid dienone is 16. The molecule has 82 heavy (non-hydrogen) atoms. The maximum Gasteiger partial charge on any atom is 0.306 e. The van der Waals surface area contributed by atoms with Gasteiger partial charge in [-0.2, -0.15) is 0 Å². The summed E-state index contributed by atoms with van der Waals surface area (Å²) in [7, 11) is 0. The standard InChI is InChI=1S/C76H132O6/c1-4-7-10-13-16-19-22-25-28-30-31-32-33-34-35-36-37-38-39-40-41-42-43-44-45-47-48-51-54-57-60-63-66-69-75(78)81-72-73(71-80-74(77)68-65-62-59-56-53-50-27-24-21-18-15-12-9-6-3)82-76(79)70-67-64-61-58-55-52-49-46-29-26-23-20-17-14-11-8-5-2/h7,10,16,19,25,28,31-32,34-35,37-38,40-41,43-44,73H,4-6,8-9,11-15,17-18,20-24,26-27,29-30,33,36,39,42,45-72H2,1-3H3/b10-7-,19-16-,28-25-,32-31-,35-34-,38-37-,41-40-,44-43-. The molecule has 0 saturated carbocycles. The molecular formula is C76H132O6. The molecule has 0 aliphatic heterocycles. The lowest BCUT2D eigenvalue weighted by Gasteiger charge is -2.18. The third-order valence-electron chi connectivity index (χ3n) is 15.4. The Hall–Kier alpha value is -3.67. The lowest BCUT2D eigenvalue weighted by atomic mass is 10.0. The molecule has 0 radical (unpaired) electrons. The summed E-state index contributed by atoms with van der Waals surface area (Å²) < 4.78 is 17.0. The van der Waals surface area contributed by atoms with E-state index in [1.807, 2.05) is 0 Å². The Morgan fingerprint density at radius 3 is 0.744 bits per heavy atom. The highest BCUT2D eigenvalue weighted by molar-refractivity contribution is 5.71. The average Bonchev–Trinajstić information content (AvgIpc) is 3.47.